The lowest BCUT2D eigenvalue weighted by Crippen LogP contribution is -2.29. The van der Waals surface area contributed by atoms with E-state index < -0.39 is 0 Å². The van der Waals surface area contributed by atoms with Gasteiger partial charge >= 0.3 is 0 Å². The van der Waals surface area contributed by atoms with Gasteiger partial charge < -0.3 is 14.2 Å². The molecule has 0 spiro atoms. The maximum absolute atomic E-state index is 12.6. The van der Waals surface area contributed by atoms with E-state index in [9.17, 15) is 4.79 Å². The zero-order valence-corrected chi connectivity index (χ0v) is 16.1. The third-order valence-corrected chi connectivity index (χ3v) is 5.52. The summed E-state index contributed by atoms with van der Waals surface area (Å²) < 4.78 is 12.7. The first-order valence-electron chi connectivity index (χ1n) is 9.78. The van der Waals surface area contributed by atoms with E-state index in [0.717, 1.165) is 48.2 Å². The highest BCUT2D eigenvalue weighted by molar-refractivity contribution is 5.76. The number of rotatable bonds is 8. The summed E-state index contributed by atoms with van der Waals surface area (Å²) in [5.41, 5.74) is 2.78. The lowest BCUT2D eigenvalue weighted by Gasteiger charge is -2.16. The number of aromatic nitrogens is 4. The Kier molecular flexibility index (Phi) is 5.24. The minimum atomic E-state index is 0.172. The normalized spacial score (nSPS) is 19.8. The van der Waals surface area contributed by atoms with Gasteiger partial charge in [-0.2, -0.15) is 0 Å². The fourth-order valence-electron chi connectivity index (χ4n) is 3.61. The van der Waals surface area contributed by atoms with Gasteiger partial charge in [0.25, 0.3) is 0 Å². The van der Waals surface area contributed by atoms with Crippen molar-refractivity contribution in [1.82, 2.24) is 25.1 Å². The molecule has 1 saturated carbocycles. The van der Waals surface area contributed by atoms with Crippen molar-refractivity contribution in [3.05, 3.63) is 28.9 Å². The third-order valence-electron chi connectivity index (χ3n) is 5.52. The first-order chi connectivity index (χ1) is 13.1. The summed E-state index contributed by atoms with van der Waals surface area (Å²) in [6, 6.07) is 0.192. The molecule has 4 rings (SSSR count). The van der Waals surface area contributed by atoms with Gasteiger partial charge in [0.15, 0.2) is 0 Å². The van der Waals surface area contributed by atoms with Gasteiger partial charge in [0.05, 0.1) is 24.5 Å². The molecule has 2 aromatic rings. The Bertz CT molecular complexity index is 776. The van der Waals surface area contributed by atoms with Crippen molar-refractivity contribution in [1.29, 1.82) is 0 Å². The van der Waals surface area contributed by atoms with Gasteiger partial charge in [0.1, 0.15) is 11.5 Å². The number of nitrogens with zero attached hydrogens (tertiary/aromatic N) is 5. The highest BCUT2D eigenvalue weighted by Crippen LogP contribution is 2.29. The summed E-state index contributed by atoms with van der Waals surface area (Å²) in [6.45, 7) is 6.60. The number of hydrogen-bond acceptors (Lipinski definition) is 6. The van der Waals surface area contributed by atoms with Gasteiger partial charge in [-0.1, -0.05) is 10.4 Å². The topological polar surface area (TPSA) is 86.3 Å². The number of hydrogen-bond donors (Lipinski definition) is 0. The summed E-state index contributed by atoms with van der Waals surface area (Å²) in [5.74, 6) is 1.73. The molecule has 2 fully saturated rings. The van der Waals surface area contributed by atoms with Crippen molar-refractivity contribution in [2.45, 2.75) is 58.6 Å². The molecule has 1 saturated heterocycles. The monoisotopic (exact) mass is 373 g/mol. The van der Waals surface area contributed by atoms with Crippen LogP contribution in [0.2, 0.25) is 0 Å². The van der Waals surface area contributed by atoms with Crippen molar-refractivity contribution in [2.75, 3.05) is 19.7 Å². The number of ether oxygens (including phenoxy) is 1. The zero-order valence-electron chi connectivity index (χ0n) is 16.1. The highest BCUT2D eigenvalue weighted by atomic mass is 16.5. The van der Waals surface area contributed by atoms with Crippen LogP contribution in [-0.4, -0.2) is 50.7 Å². The van der Waals surface area contributed by atoms with Gasteiger partial charge in [-0.3, -0.25) is 4.79 Å². The van der Waals surface area contributed by atoms with Crippen LogP contribution in [0.15, 0.2) is 10.7 Å². The van der Waals surface area contributed by atoms with Gasteiger partial charge in [0, 0.05) is 31.7 Å². The molecule has 1 amide bonds. The van der Waals surface area contributed by atoms with Crippen LogP contribution in [0, 0.1) is 19.8 Å². The molecule has 1 aliphatic heterocycles. The van der Waals surface area contributed by atoms with Crippen LogP contribution in [0.3, 0.4) is 0 Å². The SMILES string of the molecule is Cc1noc(C)c1CCC(=O)N1CCC(n2cc(COCC3CC3)nn2)C1. The smallest absolute Gasteiger partial charge is 0.222 e. The lowest BCUT2D eigenvalue weighted by molar-refractivity contribution is -0.130. The van der Waals surface area contributed by atoms with E-state index in [1.165, 1.54) is 12.8 Å². The van der Waals surface area contributed by atoms with E-state index in [4.69, 9.17) is 9.26 Å². The lowest BCUT2D eigenvalue weighted by atomic mass is 10.1. The van der Waals surface area contributed by atoms with Crippen LogP contribution in [0.25, 0.3) is 0 Å². The highest BCUT2D eigenvalue weighted by Gasteiger charge is 2.28. The molecule has 8 heteroatoms. The zero-order chi connectivity index (χ0) is 18.8. The molecular formula is C19H27N5O3. The minimum Gasteiger partial charge on any atom is -0.375 e. The summed E-state index contributed by atoms with van der Waals surface area (Å²) >= 11 is 0. The molecule has 8 nitrogen and oxygen atoms in total. The molecule has 2 aromatic heterocycles. The molecule has 1 unspecified atom stereocenters. The van der Waals surface area contributed by atoms with Crippen LogP contribution in [-0.2, 0) is 22.6 Å². The minimum absolute atomic E-state index is 0.172. The molecule has 146 valence electrons. The fraction of sp³-hybridized carbons (Fsp3) is 0.684. The molecule has 1 aliphatic carbocycles. The van der Waals surface area contributed by atoms with Crippen LogP contribution < -0.4 is 0 Å². The number of aryl methyl sites for hydroxylation is 2. The largest absolute Gasteiger partial charge is 0.375 e. The van der Waals surface area contributed by atoms with Gasteiger partial charge in [-0.25, -0.2) is 4.68 Å². The Morgan fingerprint density at radius 2 is 2.19 bits per heavy atom. The van der Waals surface area contributed by atoms with Crippen molar-refractivity contribution in [2.24, 2.45) is 5.92 Å². The summed E-state index contributed by atoms with van der Waals surface area (Å²) in [6.07, 6.45) is 6.59. The average Bonchev–Trinajstić information content (AvgIpc) is 3.05. The number of amides is 1. The second-order valence-electron chi connectivity index (χ2n) is 7.73. The molecule has 2 aliphatic rings. The quantitative estimate of drug-likeness (QED) is 0.705. The third kappa shape index (κ3) is 4.37. The first-order valence-corrected chi connectivity index (χ1v) is 9.78. The number of likely N-dealkylation sites (tertiary alicyclic amines) is 1. The first kappa shape index (κ1) is 18.2. The van der Waals surface area contributed by atoms with Crippen LogP contribution in [0.4, 0.5) is 0 Å². The Hall–Kier alpha value is -2.22. The second-order valence-corrected chi connectivity index (χ2v) is 7.73. The van der Waals surface area contributed by atoms with Crippen molar-refractivity contribution in [3.8, 4) is 0 Å². The number of carbonyl (C=O) groups is 1. The van der Waals surface area contributed by atoms with Crippen molar-refractivity contribution < 1.29 is 14.1 Å². The summed E-state index contributed by atoms with van der Waals surface area (Å²) in [7, 11) is 0. The van der Waals surface area contributed by atoms with Crippen LogP contribution >= 0.6 is 0 Å². The molecule has 0 radical (unpaired) electrons. The Morgan fingerprint density at radius 3 is 2.93 bits per heavy atom. The maximum atomic E-state index is 12.6. The van der Waals surface area contributed by atoms with E-state index >= 15 is 0 Å². The Balaban J connectivity index is 1.25. The molecule has 3 heterocycles. The van der Waals surface area contributed by atoms with E-state index in [1.807, 2.05) is 29.6 Å². The molecule has 27 heavy (non-hydrogen) atoms. The Morgan fingerprint density at radius 1 is 1.33 bits per heavy atom. The van der Waals surface area contributed by atoms with E-state index in [2.05, 4.69) is 15.5 Å². The molecule has 0 N–H and O–H groups in total. The molecular weight excluding hydrogens is 346 g/mol. The second kappa shape index (κ2) is 7.80. The average molecular weight is 373 g/mol. The maximum Gasteiger partial charge on any atom is 0.222 e. The molecule has 1 atom stereocenters. The van der Waals surface area contributed by atoms with Crippen molar-refractivity contribution in [3.63, 3.8) is 0 Å². The van der Waals surface area contributed by atoms with Crippen LogP contribution in [0.5, 0.6) is 0 Å². The number of carbonyl (C=O) groups excluding carboxylic acids is 1. The molecule has 0 aromatic carbocycles. The predicted octanol–water partition coefficient (Wildman–Crippen LogP) is 2.22. The summed E-state index contributed by atoms with van der Waals surface area (Å²) in [4.78, 5) is 14.5. The standard InChI is InChI=1S/C19H27N5O3/c1-13-18(14(2)27-21-13)5-6-19(25)23-8-7-17(10-23)24-9-16(20-22-24)12-26-11-15-3-4-15/h9,15,17H,3-8,10-12H2,1-2H3. The van der Waals surface area contributed by atoms with E-state index in [1.54, 1.807) is 0 Å². The van der Waals surface area contributed by atoms with Gasteiger partial charge in [0.2, 0.25) is 5.91 Å². The van der Waals surface area contributed by atoms with Gasteiger partial charge in [-0.15, -0.1) is 5.10 Å². The molecule has 0 bridgehead atoms. The summed E-state index contributed by atoms with van der Waals surface area (Å²) in [5, 5.41) is 12.4. The predicted molar refractivity (Wildman–Crippen MR) is 96.9 cm³/mol. The fourth-order valence-corrected chi connectivity index (χ4v) is 3.61. The van der Waals surface area contributed by atoms with E-state index in [-0.39, 0.29) is 11.9 Å². The van der Waals surface area contributed by atoms with Crippen molar-refractivity contribution >= 4 is 5.91 Å². The Labute approximate surface area is 158 Å². The van der Waals surface area contributed by atoms with Crippen LogP contribution in [0.1, 0.15) is 54.4 Å². The van der Waals surface area contributed by atoms with E-state index in [0.29, 0.717) is 26.0 Å². The van der Waals surface area contributed by atoms with Gasteiger partial charge in [-0.05, 0) is 45.4 Å².